The minimum absolute atomic E-state index is 0.148. The predicted octanol–water partition coefficient (Wildman–Crippen LogP) is 3.67. The standard InChI is InChI=1S/C20H19NO4/c22-19(18-11-13-5-1-2-6-15(13)23-18)21-14-7-8-16-17(12-14)25-20(24-16)9-3-4-10-20/h1-2,5-8,12,18H,3-4,9-11H2,(H,21,22)/t18-/m0/s1. The molecule has 3 aliphatic rings. The van der Waals surface area contributed by atoms with Crippen molar-refractivity contribution in [2.45, 2.75) is 44.0 Å². The SMILES string of the molecule is O=C(Nc1ccc2c(c1)OC1(CCCC1)O2)[C@@H]1Cc2ccccc2O1. The van der Waals surface area contributed by atoms with Crippen LogP contribution in [0.25, 0.3) is 0 Å². The number of benzene rings is 2. The summed E-state index contributed by atoms with van der Waals surface area (Å²) in [6.07, 6.45) is 4.17. The molecule has 2 aromatic rings. The van der Waals surface area contributed by atoms with E-state index >= 15 is 0 Å². The minimum atomic E-state index is -0.496. The van der Waals surface area contributed by atoms with Crippen molar-refractivity contribution in [3.63, 3.8) is 0 Å². The molecule has 2 aliphatic heterocycles. The molecule has 2 heterocycles. The summed E-state index contributed by atoms with van der Waals surface area (Å²) in [5.74, 6) is 1.61. The maximum atomic E-state index is 12.5. The Balaban J connectivity index is 1.29. The quantitative estimate of drug-likeness (QED) is 0.908. The average Bonchev–Trinajstić information content (AvgIpc) is 3.32. The van der Waals surface area contributed by atoms with Gasteiger partial charge in [0, 0.05) is 31.0 Å². The lowest BCUT2D eigenvalue weighted by molar-refractivity contribution is -0.122. The second-order valence-electron chi connectivity index (χ2n) is 6.89. The third-order valence-corrected chi connectivity index (χ3v) is 5.11. The smallest absolute Gasteiger partial charge is 0.265 e. The Morgan fingerprint density at radius 3 is 2.64 bits per heavy atom. The molecule has 0 radical (unpaired) electrons. The molecule has 0 aromatic heterocycles. The Labute approximate surface area is 145 Å². The van der Waals surface area contributed by atoms with Crippen LogP contribution in [0.2, 0.25) is 0 Å². The number of hydrogen-bond donors (Lipinski definition) is 1. The number of ether oxygens (including phenoxy) is 3. The molecule has 5 rings (SSSR count). The second-order valence-corrected chi connectivity index (χ2v) is 6.89. The number of rotatable bonds is 2. The molecule has 1 atom stereocenters. The first-order valence-electron chi connectivity index (χ1n) is 8.78. The Morgan fingerprint density at radius 2 is 1.80 bits per heavy atom. The predicted molar refractivity (Wildman–Crippen MR) is 92.1 cm³/mol. The molecule has 0 unspecified atom stereocenters. The van der Waals surface area contributed by atoms with Gasteiger partial charge in [-0.15, -0.1) is 0 Å². The number of amides is 1. The fourth-order valence-electron chi connectivity index (χ4n) is 3.84. The highest BCUT2D eigenvalue weighted by Gasteiger charge is 2.44. The van der Waals surface area contributed by atoms with Crippen LogP contribution in [0.4, 0.5) is 5.69 Å². The number of hydrogen-bond acceptors (Lipinski definition) is 4. The van der Waals surface area contributed by atoms with Gasteiger partial charge in [-0.05, 0) is 36.6 Å². The van der Waals surface area contributed by atoms with E-state index in [0.717, 1.165) is 42.7 Å². The van der Waals surface area contributed by atoms with Crippen LogP contribution in [0.15, 0.2) is 42.5 Å². The number of nitrogens with one attached hydrogen (secondary N) is 1. The van der Waals surface area contributed by atoms with Crippen LogP contribution in [0.1, 0.15) is 31.2 Å². The molecule has 0 bridgehead atoms. The molecule has 1 amide bonds. The largest absolute Gasteiger partial charge is 0.480 e. The fourth-order valence-corrected chi connectivity index (χ4v) is 3.84. The van der Waals surface area contributed by atoms with E-state index in [1.807, 2.05) is 42.5 Å². The van der Waals surface area contributed by atoms with Gasteiger partial charge in [0.25, 0.3) is 11.7 Å². The van der Waals surface area contributed by atoms with E-state index in [-0.39, 0.29) is 5.91 Å². The summed E-state index contributed by atoms with van der Waals surface area (Å²) in [5, 5.41) is 2.93. The van der Waals surface area contributed by atoms with Crippen LogP contribution in [0.3, 0.4) is 0 Å². The molecule has 128 valence electrons. The molecule has 5 nitrogen and oxygen atoms in total. The lowest BCUT2D eigenvalue weighted by atomic mass is 10.1. The zero-order valence-electron chi connectivity index (χ0n) is 13.8. The van der Waals surface area contributed by atoms with Crippen molar-refractivity contribution in [2.75, 3.05) is 5.32 Å². The van der Waals surface area contributed by atoms with Crippen molar-refractivity contribution in [3.05, 3.63) is 48.0 Å². The van der Waals surface area contributed by atoms with Crippen LogP contribution in [-0.2, 0) is 11.2 Å². The first-order valence-corrected chi connectivity index (χ1v) is 8.78. The Kier molecular flexibility index (Phi) is 3.17. The molecule has 1 spiro atoms. The van der Waals surface area contributed by atoms with Crippen molar-refractivity contribution in [1.29, 1.82) is 0 Å². The summed E-state index contributed by atoms with van der Waals surface area (Å²) in [5.41, 5.74) is 1.76. The monoisotopic (exact) mass is 337 g/mol. The van der Waals surface area contributed by atoms with Crippen LogP contribution in [0, 0.1) is 0 Å². The first kappa shape index (κ1) is 14.6. The number of carbonyl (C=O) groups is 1. The van der Waals surface area contributed by atoms with Crippen molar-refractivity contribution in [1.82, 2.24) is 0 Å². The van der Waals surface area contributed by atoms with Crippen LogP contribution < -0.4 is 19.5 Å². The lowest BCUT2D eigenvalue weighted by Crippen LogP contribution is -2.34. The molecule has 1 saturated carbocycles. The Bertz CT molecular complexity index is 816. The molecular formula is C20H19NO4. The molecular weight excluding hydrogens is 318 g/mol. The topological polar surface area (TPSA) is 56.8 Å². The van der Waals surface area contributed by atoms with Gasteiger partial charge in [0.05, 0.1) is 0 Å². The van der Waals surface area contributed by atoms with E-state index in [9.17, 15) is 4.79 Å². The zero-order valence-corrected chi connectivity index (χ0v) is 13.8. The van der Waals surface area contributed by atoms with Gasteiger partial charge in [-0.2, -0.15) is 0 Å². The van der Waals surface area contributed by atoms with Gasteiger partial charge in [-0.3, -0.25) is 4.79 Å². The second kappa shape index (κ2) is 5.41. The number of anilines is 1. The summed E-state index contributed by atoms with van der Waals surface area (Å²) < 4.78 is 17.8. The summed E-state index contributed by atoms with van der Waals surface area (Å²) >= 11 is 0. The minimum Gasteiger partial charge on any atom is -0.480 e. The number of fused-ring (bicyclic) bond motifs is 2. The van der Waals surface area contributed by atoms with Gasteiger partial charge in [0.15, 0.2) is 17.6 Å². The zero-order chi connectivity index (χ0) is 16.9. The molecule has 1 fully saturated rings. The van der Waals surface area contributed by atoms with E-state index in [2.05, 4.69) is 5.32 Å². The van der Waals surface area contributed by atoms with Gasteiger partial charge < -0.3 is 19.5 Å². The summed E-state index contributed by atoms with van der Waals surface area (Å²) in [6.45, 7) is 0. The maximum Gasteiger partial charge on any atom is 0.265 e. The van der Waals surface area contributed by atoms with E-state index in [1.165, 1.54) is 0 Å². The van der Waals surface area contributed by atoms with Crippen molar-refractivity contribution >= 4 is 11.6 Å². The molecule has 1 N–H and O–H groups in total. The van der Waals surface area contributed by atoms with Crippen LogP contribution >= 0.6 is 0 Å². The summed E-state index contributed by atoms with van der Waals surface area (Å²) in [7, 11) is 0. The molecule has 5 heteroatoms. The molecule has 25 heavy (non-hydrogen) atoms. The maximum absolute atomic E-state index is 12.5. The summed E-state index contributed by atoms with van der Waals surface area (Å²) in [4.78, 5) is 12.5. The lowest BCUT2D eigenvalue weighted by Gasteiger charge is -2.21. The van der Waals surface area contributed by atoms with Gasteiger partial charge >= 0.3 is 0 Å². The molecule has 0 saturated heterocycles. The third kappa shape index (κ3) is 2.51. The van der Waals surface area contributed by atoms with E-state index in [1.54, 1.807) is 0 Å². The fraction of sp³-hybridized carbons (Fsp3) is 0.350. The van der Waals surface area contributed by atoms with Crippen molar-refractivity contribution in [2.24, 2.45) is 0 Å². The number of carbonyl (C=O) groups excluding carboxylic acids is 1. The Morgan fingerprint density at radius 1 is 1.00 bits per heavy atom. The van der Waals surface area contributed by atoms with Gasteiger partial charge in [0.1, 0.15) is 5.75 Å². The first-order chi connectivity index (χ1) is 12.2. The van der Waals surface area contributed by atoms with Gasteiger partial charge in [0.2, 0.25) is 0 Å². The van der Waals surface area contributed by atoms with E-state index in [0.29, 0.717) is 17.9 Å². The van der Waals surface area contributed by atoms with Crippen LogP contribution in [-0.4, -0.2) is 17.8 Å². The highest BCUT2D eigenvalue weighted by atomic mass is 16.7. The normalized spacial score (nSPS) is 21.8. The highest BCUT2D eigenvalue weighted by molar-refractivity contribution is 5.95. The van der Waals surface area contributed by atoms with E-state index in [4.69, 9.17) is 14.2 Å². The molecule has 1 aliphatic carbocycles. The van der Waals surface area contributed by atoms with Crippen molar-refractivity contribution < 1.29 is 19.0 Å². The third-order valence-electron chi connectivity index (χ3n) is 5.11. The molecule has 2 aromatic carbocycles. The average molecular weight is 337 g/mol. The summed E-state index contributed by atoms with van der Waals surface area (Å²) in [6, 6.07) is 13.3. The Hall–Kier alpha value is -2.69. The highest BCUT2D eigenvalue weighted by Crippen LogP contribution is 2.47. The van der Waals surface area contributed by atoms with E-state index < -0.39 is 11.9 Å². The van der Waals surface area contributed by atoms with Crippen LogP contribution in [0.5, 0.6) is 17.2 Å². The number of para-hydroxylation sites is 1. The van der Waals surface area contributed by atoms with Crippen molar-refractivity contribution in [3.8, 4) is 17.2 Å². The van der Waals surface area contributed by atoms with Gasteiger partial charge in [-0.25, -0.2) is 0 Å². The van der Waals surface area contributed by atoms with Gasteiger partial charge in [-0.1, -0.05) is 18.2 Å².